The molecule has 18 heavy (non-hydrogen) atoms. The number of hydrogen-bond donors (Lipinski definition) is 0. The van der Waals surface area contributed by atoms with Crippen molar-refractivity contribution in [3.05, 3.63) is 28.3 Å². The van der Waals surface area contributed by atoms with Crippen molar-refractivity contribution in [2.45, 2.75) is 20.8 Å². The first-order valence-corrected chi connectivity index (χ1v) is 6.47. The summed E-state index contributed by atoms with van der Waals surface area (Å²) in [5.74, 6) is -0.326. The average molecular weight is 262 g/mol. The topological polar surface area (TPSA) is 52.1 Å². The second-order valence-corrected chi connectivity index (χ2v) is 4.86. The van der Waals surface area contributed by atoms with Gasteiger partial charge in [-0.05, 0) is 26.3 Å². The van der Waals surface area contributed by atoms with Crippen LogP contribution < -0.4 is 0 Å². The minimum atomic E-state index is -0.326. The van der Waals surface area contributed by atoms with Gasteiger partial charge in [0.25, 0.3) is 0 Å². The second-order valence-electron chi connectivity index (χ2n) is 3.86. The quantitative estimate of drug-likeness (QED) is 0.797. The van der Waals surface area contributed by atoms with Gasteiger partial charge in [-0.2, -0.15) is 5.10 Å². The minimum absolute atomic E-state index is 0.326. The number of nitrogens with zero attached hydrogens (tertiary/aromatic N) is 2. The molecule has 4 nitrogen and oxygen atoms in total. The Bertz CT molecular complexity index is 631. The highest BCUT2D eigenvalue weighted by Crippen LogP contribution is 2.33. The molecule has 2 rings (SSSR count). The third-order valence-electron chi connectivity index (χ3n) is 2.80. The molecule has 0 radical (unpaired) electrons. The predicted octanol–water partition coefficient (Wildman–Crippen LogP) is 3.13. The van der Waals surface area contributed by atoms with Gasteiger partial charge in [0.15, 0.2) is 0 Å². The summed E-state index contributed by atoms with van der Waals surface area (Å²) in [7, 11) is 0. The fourth-order valence-corrected chi connectivity index (χ4v) is 2.86. The van der Waals surface area contributed by atoms with Crippen LogP contribution in [0.15, 0.2) is 6.58 Å². The molecule has 0 aliphatic carbocycles. The van der Waals surface area contributed by atoms with E-state index in [2.05, 4.69) is 16.8 Å². The summed E-state index contributed by atoms with van der Waals surface area (Å²) in [4.78, 5) is 13.2. The van der Waals surface area contributed by atoms with Crippen molar-refractivity contribution >= 4 is 33.6 Å². The molecule has 2 aromatic rings. The monoisotopic (exact) mass is 262 g/mol. The normalized spacial score (nSPS) is 10.6. The smallest absolute Gasteiger partial charge is 0.349 e. The third-order valence-corrected chi connectivity index (χ3v) is 3.87. The van der Waals surface area contributed by atoms with Gasteiger partial charge >= 0.3 is 5.97 Å². The summed E-state index contributed by atoms with van der Waals surface area (Å²) in [5.41, 5.74) is 2.68. The summed E-state index contributed by atoms with van der Waals surface area (Å²) in [6.07, 6.45) is 1.68. The van der Waals surface area contributed by atoms with Crippen LogP contribution in [0.25, 0.3) is 16.3 Å². The van der Waals surface area contributed by atoms with E-state index in [0.29, 0.717) is 11.5 Å². The lowest BCUT2D eigenvalue weighted by atomic mass is 10.1. The van der Waals surface area contributed by atoms with Crippen LogP contribution in [0.4, 0.5) is 0 Å². The molecule has 5 heteroatoms. The molecule has 0 aliphatic heterocycles. The first-order chi connectivity index (χ1) is 8.60. The SMILES string of the molecule is C=Cc1c(C(=O)OCC)sc2nnc(C)c(C)c12. The van der Waals surface area contributed by atoms with E-state index in [1.807, 2.05) is 13.8 Å². The highest BCUT2D eigenvalue weighted by Gasteiger charge is 2.20. The maximum absolute atomic E-state index is 11.9. The molecule has 94 valence electrons. The number of fused-ring (bicyclic) bond motifs is 1. The molecular weight excluding hydrogens is 248 g/mol. The van der Waals surface area contributed by atoms with E-state index in [9.17, 15) is 4.79 Å². The molecule has 2 aromatic heterocycles. The van der Waals surface area contributed by atoms with Crippen molar-refractivity contribution < 1.29 is 9.53 Å². The van der Waals surface area contributed by atoms with E-state index in [1.54, 1.807) is 13.0 Å². The zero-order valence-corrected chi connectivity index (χ0v) is 11.4. The number of carbonyl (C=O) groups is 1. The number of rotatable bonds is 3. The van der Waals surface area contributed by atoms with Gasteiger partial charge in [-0.25, -0.2) is 4.79 Å². The van der Waals surface area contributed by atoms with Gasteiger partial charge < -0.3 is 4.74 Å². The molecule has 0 fully saturated rings. The average Bonchev–Trinajstić information content (AvgIpc) is 2.73. The Morgan fingerprint density at radius 2 is 2.17 bits per heavy atom. The Morgan fingerprint density at radius 1 is 1.44 bits per heavy atom. The number of thiophene rings is 1. The molecule has 0 amide bonds. The second kappa shape index (κ2) is 4.86. The fraction of sp³-hybridized carbons (Fsp3) is 0.308. The maximum atomic E-state index is 11.9. The van der Waals surface area contributed by atoms with Crippen molar-refractivity contribution in [3.63, 3.8) is 0 Å². The van der Waals surface area contributed by atoms with Gasteiger partial charge in [0.05, 0.1) is 12.3 Å². The van der Waals surface area contributed by atoms with E-state index >= 15 is 0 Å². The van der Waals surface area contributed by atoms with E-state index in [0.717, 1.165) is 27.0 Å². The molecule has 0 atom stereocenters. The number of aryl methyl sites for hydroxylation is 2. The number of carbonyl (C=O) groups excluding carboxylic acids is 1. The van der Waals surface area contributed by atoms with Crippen molar-refractivity contribution in [1.82, 2.24) is 10.2 Å². The summed E-state index contributed by atoms with van der Waals surface area (Å²) in [6, 6.07) is 0. The molecule has 2 heterocycles. The maximum Gasteiger partial charge on any atom is 0.349 e. The van der Waals surface area contributed by atoms with Gasteiger partial charge in [0.2, 0.25) is 0 Å². The van der Waals surface area contributed by atoms with Crippen molar-refractivity contribution in [1.29, 1.82) is 0 Å². The molecule has 0 spiro atoms. The molecule has 0 saturated carbocycles. The molecule has 0 aliphatic rings. The lowest BCUT2D eigenvalue weighted by Gasteiger charge is -2.02. The molecule has 0 bridgehead atoms. The molecular formula is C13H14N2O2S. The van der Waals surface area contributed by atoms with Crippen LogP contribution >= 0.6 is 11.3 Å². The zero-order valence-electron chi connectivity index (χ0n) is 10.6. The Morgan fingerprint density at radius 3 is 2.78 bits per heavy atom. The fourth-order valence-electron chi connectivity index (χ4n) is 1.78. The van der Waals surface area contributed by atoms with E-state index in [1.165, 1.54) is 11.3 Å². The molecule has 0 N–H and O–H groups in total. The van der Waals surface area contributed by atoms with E-state index in [-0.39, 0.29) is 5.97 Å². The van der Waals surface area contributed by atoms with Gasteiger partial charge in [-0.15, -0.1) is 16.4 Å². The van der Waals surface area contributed by atoms with E-state index in [4.69, 9.17) is 4.74 Å². The summed E-state index contributed by atoms with van der Waals surface area (Å²) in [6.45, 7) is 9.79. The lowest BCUT2D eigenvalue weighted by molar-refractivity contribution is 0.0532. The number of ether oxygens (including phenoxy) is 1. The summed E-state index contributed by atoms with van der Waals surface area (Å²) >= 11 is 1.30. The van der Waals surface area contributed by atoms with Gasteiger partial charge in [-0.3, -0.25) is 0 Å². The van der Waals surface area contributed by atoms with Crippen molar-refractivity contribution in [2.75, 3.05) is 6.61 Å². The van der Waals surface area contributed by atoms with Crippen LogP contribution in [0.5, 0.6) is 0 Å². The Kier molecular flexibility index (Phi) is 3.43. The lowest BCUT2D eigenvalue weighted by Crippen LogP contribution is -2.03. The van der Waals surface area contributed by atoms with Crippen LogP contribution in [0.2, 0.25) is 0 Å². The van der Waals surface area contributed by atoms with Gasteiger partial charge in [0.1, 0.15) is 9.71 Å². The molecule has 0 aromatic carbocycles. The van der Waals surface area contributed by atoms with E-state index < -0.39 is 0 Å². The van der Waals surface area contributed by atoms with Crippen LogP contribution in [0.1, 0.15) is 33.4 Å². The van der Waals surface area contributed by atoms with Crippen LogP contribution in [0.3, 0.4) is 0 Å². The summed E-state index contributed by atoms with van der Waals surface area (Å²) in [5, 5.41) is 9.15. The van der Waals surface area contributed by atoms with Crippen LogP contribution in [-0.2, 0) is 4.74 Å². The first kappa shape index (κ1) is 12.7. The zero-order chi connectivity index (χ0) is 13.3. The van der Waals surface area contributed by atoms with Crippen molar-refractivity contribution in [2.24, 2.45) is 0 Å². The highest BCUT2D eigenvalue weighted by atomic mass is 32.1. The summed E-state index contributed by atoms with van der Waals surface area (Å²) < 4.78 is 5.05. The van der Waals surface area contributed by atoms with Crippen LogP contribution in [-0.4, -0.2) is 22.8 Å². The number of aromatic nitrogens is 2. The first-order valence-electron chi connectivity index (χ1n) is 5.66. The molecule has 0 saturated heterocycles. The third kappa shape index (κ3) is 1.90. The Balaban J connectivity index is 2.73. The van der Waals surface area contributed by atoms with Gasteiger partial charge in [-0.1, -0.05) is 12.7 Å². The number of hydrogen-bond acceptors (Lipinski definition) is 5. The predicted molar refractivity (Wildman–Crippen MR) is 72.9 cm³/mol. The number of esters is 1. The Labute approximate surface area is 109 Å². The standard InChI is InChI=1S/C13H14N2O2S/c1-5-9-10-7(3)8(4)14-15-12(10)18-11(9)13(16)17-6-2/h5H,1,6H2,2-4H3. The van der Waals surface area contributed by atoms with Crippen molar-refractivity contribution in [3.8, 4) is 0 Å². The largest absolute Gasteiger partial charge is 0.462 e. The Hall–Kier alpha value is -1.75. The minimum Gasteiger partial charge on any atom is -0.462 e. The molecule has 0 unspecified atom stereocenters. The van der Waals surface area contributed by atoms with Gasteiger partial charge in [0, 0.05) is 10.9 Å². The highest BCUT2D eigenvalue weighted by molar-refractivity contribution is 7.20. The van der Waals surface area contributed by atoms with Crippen LogP contribution in [0, 0.1) is 13.8 Å².